The minimum Gasteiger partial charge on any atom is -0.478 e. The summed E-state index contributed by atoms with van der Waals surface area (Å²) in [6, 6.07) is 7.16. The van der Waals surface area contributed by atoms with Crippen LogP contribution in [0.3, 0.4) is 0 Å². The molecule has 0 aliphatic carbocycles. The molecule has 0 saturated carbocycles. The Hall–Kier alpha value is -2.96. The second-order valence-electron chi connectivity index (χ2n) is 4.13. The Morgan fingerprint density at radius 1 is 1.25 bits per heavy atom. The lowest BCUT2D eigenvalue weighted by molar-refractivity contribution is 0.0698. The minimum absolute atomic E-state index is 0.127. The first-order valence-corrected chi connectivity index (χ1v) is 5.79. The number of nitrogens with zero attached hydrogens (tertiary/aromatic N) is 4. The zero-order chi connectivity index (χ0) is 14.1. The molecule has 20 heavy (non-hydrogen) atoms. The van der Waals surface area contributed by atoms with Crippen LogP contribution in [0.4, 0.5) is 0 Å². The molecule has 0 fully saturated rings. The van der Waals surface area contributed by atoms with Crippen molar-refractivity contribution in [2.24, 2.45) is 7.05 Å². The highest BCUT2D eigenvalue weighted by Crippen LogP contribution is 2.28. The molecule has 1 N–H and O–H groups in total. The van der Waals surface area contributed by atoms with Crippen LogP contribution in [0.5, 0.6) is 11.9 Å². The van der Waals surface area contributed by atoms with Crippen molar-refractivity contribution >= 4 is 16.7 Å². The van der Waals surface area contributed by atoms with E-state index < -0.39 is 5.97 Å². The summed E-state index contributed by atoms with van der Waals surface area (Å²) < 4.78 is 7.00. The summed E-state index contributed by atoms with van der Waals surface area (Å²) >= 11 is 0. The largest absolute Gasteiger partial charge is 0.478 e. The fourth-order valence-electron chi connectivity index (χ4n) is 1.87. The average Bonchev–Trinajstić information content (AvgIpc) is 2.84. The van der Waals surface area contributed by atoms with E-state index in [9.17, 15) is 4.79 Å². The van der Waals surface area contributed by atoms with Crippen LogP contribution in [0.15, 0.2) is 36.8 Å². The van der Waals surface area contributed by atoms with E-state index in [0.29, 0.717) is 10.8 Å². The molecule has 1 aromatic carbocycles. The first-order valence-electron chi connectivity index (χ1n) is 5.79. The fourth-order valence-corrected chi connectivity index (χ4v) is 1.87. The van der Waals surface area contributed by atoms with Crippen molar-refractivity contribution in [2.45, 2.75) is 0 Å². The first kappa shape index (κ1) is 12.1. The molecule has 3 rings (SSSR count). The Morgan fingerprint density at radius 2 is 2.00 bits per heavy atom. The Labute approximate surface area is 113 Å². The summed E-state index contributed by atoms with van der Waals surface area (Å²) in [4.78, 5) is 19.2. The first-order chi connectivity index (χ1) is 9.65. The van der Waals surface area contributed by atoms with Gasteiger partial charge >= 0.3 is 12.0 Å². The van der Waals surface area contributed by atoms with E-state index in [2.05, 4.69) is 15.1 Å². The van der Waals surface area contributed by atoms with Crippen LogP contribution in [0.1, 0.15) is 10.4 Å². The number of carbonyl (C=O) groups is 1. The van der Waals surface area contributed by atoms with Crippen LogP contribution < -0.4 is 4.74 Å². The number of ether oxygens (including phenoxy) is 1. The molecule has 7 nitrogen and oxygen atoms in total. The van der Waals surface area contributed by atoms with Gasteiger partial charge in [-0.2, -0.15) is 4.98 Å². The monoisotopic (exact) mass is 270 g/mol. The van der Waals surface area contributed by atoms with E-state index in [1.807, 2.05) is 0 Å². The maximum atomic E-state index is 11.2. The maximum Gasteiger partial charge on any atom is 0.342 e. The third kappa shape index (κ3) is 2.05. The van der Waals surface area contributed by atoms with E-state index in [1.165, 1.54) is 17.2 Å². The van der Waals surface area contributed by atoms with Crippen molar-refractivity contribution in [3.05, 3.63) is 42.4 Å². The van der Waals surface area contributed by atoms with Gasteiger partial charge < -0.3 is 9.84 Å². The molecule has 2 aromatic heterocycles. The van der Waals surface area contributed by atoms with Crippen molar-refractivity contribution in [1.82, 2.24) is 19.7 Å². The van der Waals surface area contributed by atoms with Crippen molar-refractivity contribution in [1.29, 1.82) is 0 Å². The van der Waals surface area contributed by atoms with Crippen LogP contribution in [-0.2, 0) is 7.05 Å². The standard InChI is InChI=1S/C13H10N4O3/c1-17-7-15-13(16-17)20-11-9-5-3-2-4-8(9)10(6-14-11)12(18)19/h2-7H,1H3,(H,18,19). The summed E-state index contributed by atoms with van der Waals surface area (Å²) in [6.07, 6.45) is 2.77. The Balaban J connectivity index is 2.12. The highest BCUT2D eigenvalue weighted by atomic mass is 16.5. The summed E-state index contributed by atoms with van der Waals surface area (Å²) in [5, 5.41) is 14.3. The van der Waals surface area contributed by atoms with Gasteiger partial charge in [0.25, 0.3) is 0 Å². The van der Waals surface area contributed by atoms with Crippen LogP contribution in [0.2, 0.25) is 0 Å². The van der Waals surface area contributed by atoms with Gasteiger partial charge in [0.05, 0.1) is 5.56 Å². The number of hydrogen-bond donors (Lipinski definition) is 1. The highest BCUT2D eigenvalue weighted by molar-refractivity contribution is 6.04. The Bertz CT molecular complexity index is 797. The third-order valence-corrected chi connectivity index (χ3v) is 2.76. The minimum atomic E-state index is -1.03. The van der Waals surface area contributed by atoms with Crippen molar-refractivity contribution in [2.75, 3.05) is 0 Å². The zero-order valence-electron chi connectivity index (χ0n) is 10.5. The molecule has 0 spiro atoms. The molecule has 3 aromatic rings. The van der Waals surface area contributed by atoms with Crippen LogP contribution in [0, 0.1) is 0 Å². The molecule has 0 aliphatic rings. The number of carboxylic acids is 1. The predicted molar refractivity (Wildman–Crippen MR) is 69.8 cm³/mol. The Morgan fingerprint density at radius 3 is 2.65 bits per heavy atom. The van der Waals surface area contributed by atoms with Crippen molar-refractivity contribution in [3.8, 4) is 11.9 Å². The van der Waals surface area contributed by atoms with Gasteiger partial charge in [0.1, 0.15) is 6.33 Å². The van der Waals surface area contributed by atoms with Gasteiger partial charge in [-0.15, -0.1) is 5.10 Å². The molecule has 100 valence electrons. The van der Waals surface area contributed by atoms with Gasteiger partial charge in [0.2, 0.25) is 5.88 Å². The normalized spacial score (nSPS) is 10.7. The molecule has 0 radical (unpaired) electrons. The number of hydrogen-bond acceptors (Lipinski definition) is 5. The SMILES string of the molecule is Cn1cnc(Oc2ncc(C(=O)O)c3ccccc23)n1. The molecular weight excluding hydrogens is 260 g/mol. The molecule has 0 unspecified atom stereocenters. The lowest BCUT2D eigenvalue weighted by Crippen LogP contribution is -2.00. The molecule has 0 atom stereocenters. The molecule has 0 saturated heterocycles. The van der Waals surface area contributed by atoms with Gasteiger partial charge in [-0.25, -0.2) is 9.78 Å². The predicted octanol–water partition coefficient (Wildman–Crippen LogP) is 1.85. The maximum absolute atomic E-state index is 11.2. The van der Waals surface area contributed by atoms with Gasteiger partial charge in [0, 0.05) is 24.0 Å². The molecule has 0 bridgehead atoms. The summed E-state index contributed by atoms with van der Waals surface area (Å²) in [6.45, 7) is 0. The summed E-state index contributed by atoms with van der Waals surface area (Å²) in [7, 11) is 1.72. The number of rotatable bonds is 3. The van der Waals surface area contributed by atoms with E-state index in [0.717, 1.165) is 0 Å². The highest BCUT2D eigenvalue weighted by Gasteiger charge is 2.14. The second kappa shape index (κ2) is 4.61. The average molecular weight is 270 g/mol. The number of carboxylic acid groups (broad SMARTS) is 1. The van der Waals surface area contributed by atoms with Crippen molar-refractivity contribution < 1.29 is 14.6 Å². The van der Waals surface area contributed by atoms with E-state index in [1.54, 1.807) is 31.3 Å². The van der Waals surface area contributed by atoms with Gasteiger partial charge in [-0.05, 0) is 6.07 Å². The van der Waals surface area contributed by atoms with E-state index in [-0.39, 0.29) is 17.5 Å². The summed E-state index contributed by atoms with van der Waals surface area (Å²) in [5.74, 6) is -0.756. The van der Waals surface area contributed by atoms with Crippen LogP contribution in [-0.4, -0.2) is 30.8 Å². The van der Waals surface area contributed by atoms with Crippen molar-refractivity contribution in [3.63, 3.8) is 0 Å². The molecule has 2 heterocycles. The Kier molecular flexibility index (Phi) is 2.79. The fraction of sp³-hybridized carbons (Fsp3) is 0.0769. The van der Waals surface area contributed by atoms with Gasteiger partial charge in [-0.3, -0.25) is 4.68 Å². The summed E-state index contributed by atoms with van der Waals surface area (Å²) in [5.41, 5.74) is 0.127. The van der Waals surface area contributed by atoms with E-state index >= 15 is 0 Å². The lowest BCUT2D eigenvalue weighted by Gasteiger charge is -2.06. The molecule has 0 amide bonds. The van der Waals surface area contributed by atoms with Crippen LogP contribution in [0.25, 0.3) is 10.8 Å². The number of aromatic carboxylic acids is 1. The number of benzene rings is 1. The lowest BCUT2D eigenvalue weighted by atomic mass is 10.1. The number of pyridine rings is 1. The topological polar surface area (TPSA) is 90.1 Å². The number of fused-ring (bicyclic) bond motifs is 1. The zero-order valence-corrected chi connectivity index (χ0v) is 10.5. The smallest absolute Gasteiger partial charge is 0.342 e. The van der Waals surface area contributed by atoms with E-state index in [4.69, 9.17) is 9.84 Å². The quantitative estimate of drug-likeness (QED) is 0.781. The molecular formula is C13H10N4O3. The molecule has 0 aliphatic heterocycles. The van der Waals surface area contributed by atoms with Gasteiger partial charge in [0.15, 0.2) is 0 Å². The third-order valence-electron chi connectivity index (χ3n) is 2.76. The van der Waals surface area contributed by atoms with Gasteiger partial charge in [-0.1, -0.05) is 18.2 Å². The molecule has 7 heteroatoms. The number of aromatic nitrogens is 4. The number of aryl methyl sites for hydroxylation is 1. The van der Waals surface area contributed by atoms with Crippen LogP contribution >= 0.6 is 0 Å². The second-order valence-corrected chi connectivity index (χ2v) is 4.13.